The van der Waals surface area contributed by atoms with E-state index in [-0.39, 0.29) is 23.8 Å². The van der Waals surface area contributed by atoms with Gasteiger partial charge in [-0.1, -0.05) is 30.0 Å². The monoisotopic (exact) mass is 483 g/mol. The average Bonchev–Trinajstić information content (AvgIpc) is 3.37. The van der Waals surface area contributed by atoms with Crippen LogP contribution in [0.4, 0.5) is 5.00 Å². The van der Waals surface area contributed by atoms with Crippen molar-refractivity contribution in [1.82, 2.24) is 19.7 Å². The number of hydrogen-bond acceptors (Lipinski definition) is 8. The molecule has 9 nitrogen and oxygen atoms in total. The molecule has 4 aromatic rings. The molecule has 2 N–H and O–H groups in total. The van der Waals surface area contributed by atoms with Crippen LogP contribution in [-0.2, 0) is 9.53 Å². The van der Waals surface area contributed by atoms with Gasteiger partial charge in [0.15, 0.2) is 10.8 Å². The SMILES string of the molecule is CCOC(=O)c1c(NC(=O)CSc2nc3[nH]ncc3c(=O)n2-c2ccccc2)sc(C)c1C. The number of anilines is 1. The average molecular weight is 484 g/mol. The first-order chi connectivity index (χ1) is 15.9. The lowest BCUT2D eigenvalue weighted by Gasteiger charge is -2.12. The molecule has 33 heavy (non-hydrogen) atoms. The number of thiophene rings is 1. The number of amides is 1. The Morgan fingerprint density at radius 2 is 2.00 bits per heavy atom. The number of thioether (sulfide) groups is 1. The van der Waals surface area contributed by atoms with Crippen LogP contribution in [0, 0.1) is 13.8 Å². The van der Waals surface area contributed by atoms with Gasteiger partial charge in [-0.05, 0) is 38.5 Å². The molecule has 1 aromatic carbocycles. The third-order valence-electron chi connectivity index (χ3n) is 4.92. The molecule has 3 heterocycles. The molecule has 0 unspecified atom stereocenters. The van der Waals surface area contributed by atoms with Gasteiger partial charge in [-0.3, -0.25) is 19.3 Å². The number of H-pyrrole nitrogens is 1. The molecule has 3 aromatic heterocycles. The lowest BCUT2D eigenvalue weighted by Crippen LogP contribution is -2.22. The molecule has 11 heteroatoms. The summed E-state index contributed by atoms with van der Waals surface area (Å²) in [6.07, 6.45) is 1.43. The molecule has 0 atom stereocenters. The Hall–Kier alpha value is -3.44. The van der Waals surface area contributed by atoms with Gasteiger partial charge in [0.1, 0.15) is 10.4 Å². The van der Waals surface area contributed by atoms with Crippen molar-refractivity contribution in [2.75, 3.05) is 17.7 Å². The molecule has 0 saturated carbocycles. The maximum absolute atomic E-state index is 13.1. The normalized spacial score (nSPS) is 11.0. The van der Waals surface area contributed by atoms with Gasteiger partial charge in [-0.2, -0.15) is 5.10 Å². The van der Waals surface area contributed by atoms with Crippen LogP contribution in [0.3, 0.4) is 0 Å². The number of ether oxygens (including phenoxy) is 1. The summed E-state index contributed by atoms with van der Waals surface area (Å²) in [6.45, 7) is 5.69. The van der Waals surface area contributed by atoms with Gasteiger partial charge in [0, 0.05) is 4.88 Å². The van der Waals surface area contributed by atoms with Crippen molar-refractivity contribution in [2.45, 2.75) is 25.9 Å². The molecule has 0 radical (unpaired) electrons. The number of aryl methyl sites for hydroxylation is 1. The highest BCUT2D eigenvalue weighted by Gasteiger charge is 2.22. The minimum atomic E-state index is -0.466. The molecule has 0 fully saturated rings. The van der Waals surface area contributed by atoms with Gasteiger partial charge in [0.05, 0.1) is 29.8 Å². The molecular weight excluding hydrogens is 462 g/mol. The van der Waals surface area contributed by atoms with E-state index in [9.17, 15) is 14.4 Å². The van der Waals surface area contributed by atoms with Crippen LogP contribution in [0.2, 0.25) is 0 Å². The van der Waals surface area contributed by atoms with E-state index >= 15 is 0 Å². The van der Waals surface area contributed by atoms with Crippen LogP contribution >= 0.6 is 23.1 Å². The van der Waals surface area contributed by atoms with E-state index < -0.39 is 5.97 Å². The van der Waals surface area contributed by atoms with Gasteiger partial charge < -0.3 is 10.1 Å². The highest BCUT2D eigenvalue weighted by Crippen LogP contribution is 2.33. The van der Waals surface area contributed by atoms with Crippen LogP contribution in [-0.4, -0.2) is 44.0 Å². The zero-order valence-electron chi connectivity index (χ0n) is 18.2. The second-order valence-corrected chi connectivity index (χ2v) is 9.21. The second-order valence-electron chi connectivity index (χ2n) is 7.05. The summed E-state index contributed by atoms with van der Waals surface area (Å²) in [5, 5.41) is 10.6. The van der Waals surface area contributed by atoms with Crippen molar-refractivity contribution in [3.05, 3.63) is 62.9 Å². The van der Waals surface area contributed by atoms with E-state index in [2.05, 4.69) is 20.5 Å². The predicted octanol–water partition coefficient (Wildman–Crippen LogP) is 3.69. The fourth-order valence-corrected chi connectivity index (χ4v) is 5.10. The molecule has 0 spiro atoms. The van der Waals surface area contributed by atoms with Crippen molar-refractivity contribution >= 4 is 51.0 Å². The number of para-hydroxylation sites is 1. The molecular formula is C22H21N5O4S2. The molecule has 0 aliphatic rings. The number of hydrogen-bond donors (Lipinski definition) is 2. The van der Waals surface area contributed by atoms with E-state index in [1.54, 1.807) is 19.1 Å². The van der Waals surface area contributed by atoms with E-state index in [0.29, 0.717) is 32.4 Å². The number of esters is 1. The van der Waals surface area contributed by atoms with Gasteiger partial charge in [0.2, 0.25) is 5.91 Å². The van der Waals surface area contributed by atoms with Crippen molar-refractivity contribution in [2.24, 2.45) is 0 Å². The Morgan fingerprint density at radius 1 is 1.24 bits per heavy atom. The third-order valence-corrected chi connectivity index (χ3v) is 6.98. The minimum absolute atomic E-state index is 0.0167. The molecule has 4 rings (SSSR count). The van der Waals surface area contributed by atoms with Crippen LogP contribution in [0.5, 0.6) is 0 Å². The van der Waals surface area contributed by atoms with Crippen LogP contribution < -0.4 is 10.9 Å². The summed E-state index contributed by atoms with van der Waals surface area (Å²) in [7, 11) is 0. The number of rotatable bonds is 7. The molecule has 0 saturated heterocycles. The van der Waals surface area contributed by atoms with Crippen molar-refractivity contribution in [1.29, 1.82) is 0 Å². The topological polar surface area (TPSA) is 119 Å². The van der Waals surface area contributed by atoms with E-state index in [1.165, 1.54) is 22.1 Å². The zero-order valence-corrected chi connectivity index (χ0v) is 19.8. The Balaban J connectivity index is 1.60. The van der Waals surface area contributed by atoms with Crippen molar-refractivity contribution in [3.8, 4) is 5.69 Å². The number of carbonyl (C=O) groups is 2. The number of aromatic nitrogens is 4. The van der Waals surface area contributed by atoms with E-state index in [0.717, 1.165) is 22.2 Å². The van der Waals surface area contributed by atoms with E-state index in [4.69, 9.17) is 4.74 Å². The van der Waals surface area contributed by atoms with Gasteiger partial charge in [-0.25, -0.2) is 9.78 Å². The van der Waals surface area contributed by atoms with Crippen molar-refractivity contribution in [3.63, 3.8) is 0 Å². The Kier molecular flexibility index (Phi) is 6.61. The maximum Gasteiger partial charge on any atom is 0.341 e. The first-order valence-corrected chi connectivity index (χ1v) is 11.9. The standard InChI is InChI=1S/C22H21N5O4S2/c1-4-31-21(30)17-12(2)13(3)33-19(17)24-16(28)11-32-22-25-18-15(10-23-26-18)20(29)27(22)14-8-6-5-7-9-14/h5-10H,4,11H2,1-3H3,(H,23,26)(H,24,28). The molecule has 0 bridgehead atoms. The smallest absolute Gasteiger partial charge is 0.341 e. The van der Waals surface area contributed by atoms with Gasteiger partial charge >= 0.3 is 5.97 Å². The van der Waals surface area contributed by atoms with Crippen LogP contribution in [0.25, 0.3) is 16.7 Å². The van der Waals surface area contributed by atoms with Gasteiger partial charge in [-0.15, -0.1) is 11.3 Å². The molecule has 170 valence electrons. The number of carbonyl (C=O) groups excluding carboxylic acids is 2. The van der Waals surface area contributed by atoms with E-state index in [1.807, 2.05) is 32.0 Å². The summed E-state index contributed by atoms with van der Waals surface area (Å²) in [5.41, 5.74) is 1.86. The first-order valence-electron chi connectivity index (χ1n) is 10.1. The molecule has 0 aliphatic heterocycles. The Bertz CT molecular complexity index is 1390. The maximum atomic E-state index is 13.1. The fourth-order valence-electron chi connectivity index (χ4n) is 3.23. The summed E-state index contributed by atoms with van der Waals surface area (Å²) in [6, 6.07) is 9.08. The quantitative estimate of drug-likeness (QED) is 0.234. The lowest BCUT2D eigenvalue weighted by molar-refractivity contribution is -0.113. The largest absolute Gasteiger partial charge is 0.462 e. The second kappa shape index (κ2) is 9.59. The highest BCUT2D eigenvalue weighted by molar-refractivity contribution is 7.99. The molecule has 0 aliphatic carbocycles. The number of aromatic amines is 1. The Morgan fingerprint density at radius 3 is 2.73 bits per heavy atom. The Labute approximate surface area is 197 Å². The lowest BCUT2D eigenvalue weighted by atomic mass is 10.1. The number of fused-ring (bicyclic) bond motifs is 1. The minimum Gasteiger partial charge on any atom is -0.462 e. The highest BCUT2D eigenvalue weighted by atomic mass is 32.2. The molecule has 1 amide bonds. The number of benzene rings is 1. The van der Waals surface area contributed by atoms with Crippen LogP contribution in [0.15, 0.2) is 46.5 Å². The van der Waals surface area contributed by atoms with Crippen molar-refractivity contribution < 1.29 is 14.3 Å². The number of nitrogens with zero attached hydrogens (tertiary/aromatic N) is 3. The predicted molar refractivity (Wildman–Crippen MR) is 129 cm³/mol. The summed E-state index contributed by atoms with van der Waals surface area (Å²) >= 11 is 2.44. The van der Waals surface area contributed by atoms with Crippen LogP contribution in [0.1, 0.15) is 27.7 Å². The fraction of sp³-hybridized carbons (Fsp3) is 0.227. The zero-order chi connectivity index (χ0) is 23.5. The summed E-state index contributed by atoms with van der Waals surface area (Å²) in [4.78, 5) is 43.6. The number of nitrogens with one attached hydrogen (secondary N) is 2. The summed E-state index contributed by atoms with van der Waals surface area (Å²) < 4.78 is 6.60. The third kappa shape index (κ3) is 4.55. The summed E-state index contributed by atoms with van der Waals surface area (Å²) in [5.74, 6) is -0.811. The van der Waals surface area contributed by atoms with Gasteiger partial charge in [0.25, 0.3) is 5.56 Å². The first kappa shape index (κ1) is 22.7.